The van der Waals surface area contributed by atoms with Crippen molar-refractivity contribution in [3.05, 3.63) is 34.9 Å². The Morgan fingerprint density at radius 3 is 2.81 bits per heavy atom. The zero-order chi connectivity index (χ0) is 19.1. The van der Waals surface area contributed by atoms with Crippen molar-refractivity contribution in [3.8, 4) is 11.8 Å². The van der Waals surface area contributed by atoms with Crippen molar-refractivity contribution in [1.29, 1.82) is 0 Å². The fraction of sp³-hybridized carbons (Fsp3) is 0.389. The molecule has 0 saturated carbocycles. The lowest BCUT2D eigenvalue weighted by Crippen LogP contribution is -2.45. The minimum Gasteiger partial charge on any atom is -0.481 e. The van der Waals surface area contributed by atoms with Gasteiger partial charge in [-0.2, -0.15) is 0 Å². The van der Waals surface area contributed by atoms with Gasteiger partial charge in [0.2, 0.25) is 5.91 Å². The number of carbonyl (C=O) groups excluding carboxylic acids is 2. The quantitative estimate of drug-likeness (QED) is 0.432. The molecule has 1 heterocycles. The van der Waals surface area contributed by atoms with Gasteiger partial charge in [0.05, 0.1) is 13.2 Å². The van der Waals surface area contributed by atoms with Crippen molar-refractivity contribution in [1.82, 2.24) is 4.90 Å². The number of carbonyl (C=O) groups is 3. The molecule has 8 nitrogen and oxygen atoms in total. The smallest absolute Gasteiger partial charge is 0.303 e. The molecule has 0 fully saturated rings. The highest BCUT2D eigenvalue weighted by atomic mass is 16.5. The Morgan fingerprint density at radius 1 is 1.38 bits per heavy atom. The van der Waals surface area contributed by atoms with E-state index in [0.29, 0.717) is 16.7 Å². The van der Waals surface area contributed by atoms with E-state index in [2.05, 4.69) is 11.8 Å². The molecule has 0 saturated heterocycles. The van der Waals surface area contributed by atoms with Crippen LogP contribution in [0.5, 0.6) is 0 Å². The second-order valence-corrected chi connectivity index (χ2v) is 5.69. The normalized spacial score (nSPS) is 13.7. The van der Waals surface area contributed by atoms with Crippen LogP contribution in [0.15, 0.2) is 18.2 Å². The summed E-state index contributed by atoms with van der Waals surface area (Å²) in [5.41, 5.74) is 7.11. The van der Waals surface area contributed by atoms with Crippen LogP contribution in [0, 0.1) is 11.8 Å². The summed E-state index contributed by atoms with van der Waals surface area (Å²) in [4.78, 5) is 36.4. The number of aliphatic hydroxyl groups excluding tert-OH is 1. The topological polar surface area (TPSA) is 130 Å². The summed E-state index contributed by atoms with van der Waals surface area (Å²) in [5, 5.41) is 17.5. The largest absolute Gasteiger partial charge is 0.481 e. The number of fused-ring (bicyclic) bond motifs is 1. The van der Waals surface area contributed by atoms with Crippen LogP contribution < -0.4 is 5.73 Å². The maximum atomic E-state index is 12.6. The molecule has 0 spiro atoms. The lowest BCUT2D eigenvalue weighted by molar-refractivity contribution is -0.137. The van der Waals surface area contributed by atoms with E-state index in [-0.39, 0.29) is 45.1 Å². The summed E-state index contributed by atoms with van der Waals surface area (Å²) < 4.78 is 5.07. The van der Waals surface area contributed by atoms with E-state index in [1.165, 1.54) is 4.90 Å². The van der Waals surface area contributed by atoms with E-state index in [4.69, 9.17) is 20.7 Å². The standard InChI is InChI=1S/C18H20N2O6/c19-17(24)15(6-7-16(22)23)20-11-14-12(4-2-9-26-10-8-21)3-1-5-13(14)18(20)25/h1,3,5,15,21H,6-11H2,(H2,19,24)(H,22,23). The number of nitrogens with zero attached hydrogens (tertiary/aromatic N) is 1. The molecule has 0 radical (unpaired) electrons. The summed E-state index contributed by atoms with van der Waals surface area (Å²) in [7, 11) is 0. The molecule has 4 N–H and O–H groups in total. The average molecular weight is 360 g/mol. The van der Waals surface area contributed by atoms with Crippen LogP contribution in [-0.2, 0) is 20.9 Å². The number of carboxylic acids is 1. The van der Waals surface area contributed by atoms with Gasteiger partial charge in [-0.25, -0.2) is 0 Å². The number of primary amides is 1. The molecule has 0 aliphatic carbocycles. The maximum absolute atomic E-state index is 12.6. The van der Waals surface area contributed by atoms with E-state index < -0.39 is 17.9 Å². The molecular formula is C18H20N2O6. The first-order chi connectivity index (χ1) is 12.5. The number of aliphatic carboxylic acids is 1. The molecule has 1 aromatic carbocycles. The summed E-state index contributed by atoms with van der Waals surface area (Å²) in [5.74, 6) is 3.56. The highest BCUT2D eigenvalue weighted by Crippen LogP contribution is 2.28. The molecule has 0 aromatic heterocycles. The van der Waals surface area contributed by atoms with Gasteiger partial charge in [0, 0.05) is 24.1 Å². The average Bonchev–Trinajstić information content (AvgIpc) is 2.92. The lowest BCUT2D eigenvalue weighted by atomic mass is 10.0. The van der Waals surface area contributed by atoms with E-state index in [1.54, 1.807) is 18.2 Å². The molecular weight excluding hydrogens is 340 g/mol. The fourth-order valence-corrected chi connectivity index (χ4v) is 2.75. The minimum atomic E-state index is -1.06. The Kier molecular flexibility index (Phi) is 6.72. The van der Waals surface area contributed by atoms with Crippen molar-refractivity contribution >= 4 is 17.8 Å². The van der Waals surface area contributed by atoms with Gasteiger partial charge in [-0.05, 0) is 24.1 Å². The predicted molar refractivity (Wildman–Crippen MR) is 91.0 cm³/mol. The van der Waals surface area contributed by atoms with Gasteiger partial charge in [-0.15, -0.1) is 0 Å². The third kappa shape index (κ3) is 4.59. The van der Waals surface area contributed by atoms with E-state index in [1.807, 2.05) is 0 Å². The fourth-order valence-electron chi connectivity index (χ4n) is 2.75. The van der Waals surface area contributed by atoms with Crippen LogP contribution in [0.1, 0.15) is 34.3 Å². The van der Waals surface area contributed by atoms with E-state index >= 15 is 0 Å². The number of amides is 2. The number of hydrogen-bond acceptors (Lipinski definition) is 5. The summed E-state index contributed by atoms with van der Waals surface area (Å²) in [6, 6.07) is 4.10. The van der Waals surface area contributed by atoms with E-state index in [0.717, 1.165) is 0 Å². The molecule has 138 valence electrons. The molecule has 8 heteroatoms. The first-order valence-electron chi connectivity index (χ1n) is 8.07. The molecule has 1 aromatic rings. The van der Waals surface area contributed by atoms with Gasteiger partial charge in [-0.1, -0.05) is 17.9 Å². The molecule has 0 bridgehead atoms. The zero-order valence-corrected chi connectivity index (χ0v) is 14.1. The molecule has 26 heavy (non-hydrogen) atoms. The van der Waals surface area contributed by atoms with Gasteiger partial charge in [0.1, 0.15) is 12.6 Å². The van der Waals surface area contributed by atoms with Crippen molar-refractivity contribution in [2.45, 2.75) is 25.4 Å². The molecule has 1 atom stereocenters. The highest BCUT2D eigenvalue weighted by molar-refractivity contribution is 6.01. The molecule has 1 unspecified atom stereocenters. The van der Waals surface area contributed by atoms with Gasteiger partial charge < -0.3 is 25.6 Å². The monoisotopic (exact) mass is 360 g/mol. The van der Waals surface area contributed by atoms with Gasteiger partial charge in [0.25, 0.3) is 5.91 Å². The van der Waals surface area contributed by atoms with E-state index in [9.17, 15) is 14.4 Å². The van der Waals surface area contributed by atoms with Crippen LogP contribution in [-0.4, -0.2) is 58.8 Å². The van der Waals surface area contributed by atoms with Crippen molar-refractivity contribution in [2.75, 3.05) is 19.8 Å². The molecule has 1 aliphatic rings. The van der Waals surface area contributed by atoms with Crippen LogP contribution in [0.25, 0.3) is 0 Å². The summed E-state index contributed by atoms with van der Waals surface area (Å²) in [6.45, 7) is 0.391. The van der Waals surface area contributed by atoms with Crippen molar-refractivity contribution in [3.63, 3.8) is 0 Å². The van der Waals surface area contributed by atoms with Crippen LogP contribution in [0.4, 0.5) is 0 Å². The third-order valence-electron chi connectivity index (χ3n) is 3.96. The van der Waals surface area contributed by atoms with Crippen molar-refractivity contribution in [2.24, 2.45) is 5.73 Å². The Bertz CT molecular complexity index is 765. The summed E-state index contributed by atoms with van der Waals surface area (Å²) >= 11 is 0. The predicted octanol–water partition coefficient (Wildman–Crippen LogP) is -0.278. The number of nitrogens with two attached hydrogens (primary N) is 1. The number of hydrogen-bond donors (Lipinski definition) is 3. The first-order valence-corrected chi connectivity index (χ1v) is 8.07. The van der Waals surface area contributed by atoms with Crippen LogP contribution in [0.3, 0.4) is 0 Å². The molecule has 2 amide bonds. The molecule has 2 rings (SSSR count). The summed E-state index contributed by atoms with van der Waals surface area (Å²) in [6.07, 6.45) is -0.303. The van der Waals surface area contributed by atoms with Crippen LogP contribution >= 0.6 is 0 Å². The number of rotatable bonds is 8. The molecule has 1 aliphatic heterocycles. The number of carboxylic acid groups (broad SMARTS) is 1. The zero-order valence-electron chi connectivity index (χ0n) is 14.1. The minimum absolute atomic E-state index is 0.0413. The van der Waals surface area contributed by atoms with Crippen molar-refractivity contribution < 1.29 is 29.3 Å². The Hall–Kier alpha value is -2.89. The second-order valence-electron chi connectivity index (χ2n) is 5.69. The second kappa shape index (κ2) is 8.99. The Morgan fingerprint density at radius 2 is 2.15 bits per heavy atom. The van der Waals surface area contributed by atoms with Gasteiger partial charge >= 0.3 is 5.97 Å². The third-order valence-corrected chi connectivity index (χ3v) is 3.96. The first kappa shape index (κ1) is 19.4. The van der Waals surface area contributed by atoms with Crippen LogP contribution in [0.2, 0.25) is 0 Å². The highest BCUT2D eigenvalue weighted by Gasteiger charge is 2.36. The number of ether oxygens (including phenoxy) is 1. The SMILES string of the molecule is NC(=O)C(CCC(=O)O)N1Cc2c(C#CCOCCO)cccc2C1=O. The van der Waals surface area contributed by atoms with Gasteiger partial charge in [0.15, 0.2) is 0 Å². The number of benzene rings is 1. The number of aliphatic hydroxyl groups is 1. The Labute approximate surface area is 150 Å². The van der Waals surface area contributed by atoms with Gasteiger partial charge in [-0.3, -0.25) is 14.4 Å². The maximum Gasteiger partial charge on any atom is 0.303 e. The Balaban J connectivity index is 2.20. The lowest BCUT2D eigenvalue weighted by Gasteiger charge is -2.24.